The van der Waals surface area contributed by atoms with E-state index in [9.17, 15) is 14.4 Å². The molecule has 1 rings (SSSR count). The molecular weight excluding hydrogens is 334 g/mol. The van der Waals surface area contributed by atoms with Gasteiger partial charge in [-0.05, 0) is 38.6 Å². The monoisotopic (exact) mass is 355 g/mol. The van der Waals surface area contributed by atoms with Crippen LogP contribution in [0.2, 0.25) is 0 Å². The first-order chi connectivity index (χ1) is 11.5. The van der Waals surface area contributed by atoms with Crippen LogP contribution in [-0.4, -0.2) is 43.9 Å². The van der Waals surface area contributed by atoms with Crippen molar-refractivity contribution < 1.29 is 28.6 Å². The molecular formula is C16H21NO6S. The second kappa shape index (κ2) is 9.82. The zero-order valence-electron chi connectivity index (χ0n) is 14.2. The largest absolute Gasteiger partial charge is 0.465 e. The SMILES string of the molecule is CCOC(=O)c1c(C)csc1N=CC(C(=O)OCC)C(=O)OCC. The fourth-order valence-electron chi connectivity index (χ4n) is 1.80. The summed E-state index contributed by atoms with van der Waals surface area (Å²) in [5, 5.41) is 2.12. The fraction of sp³-hybridized carbons (Fsp3) is 0.500. The molecule has 1 aromatic heterocycles. The van der Waals surface area contributed by atoms with Crippen LogP contribution in [0.1, 0.15) is 36.7 Å². The van der Waals surface area contributed by atoms with E-state index in [2.05, 4.69) is 4.99 Å². The number of rotatable bonds is 8. The number of carbonyl (C=O) groups is 3. The Labute approximate surface area is 144 Å². The summed E-state index contributed by atoms with van der Waals surface area (Å²) in [4.78, 5) is 39.9. The summed E-state index contributed by atoms with van der Waals surface area (Å²) in [7, 11) is 0. The van der Waals surface area contributed by atoms with Crippen molar-refractivity contribution in [2.24, 2.45) is 10.9 Å². The first kappa shape index (κ1) is 19.8. The maximum atomic E-state index is 12.0. The molecule has 0 radical (unpaired) electrons. The number of thiophene rings is 1. The summed E-state index contributed by atoms with van der Waals surface area (Å²) < 4.78 is 14.7. The smallest absolute Gasteiger partial charge is 0.341 e. The molecule has 0 aliphatic rings. The van der Waals surface area contributed by atoms with E-state index in [1.54, 1.807) is 33.1 Å². The normalized spacial score (nSPS) is 10.9. The van der Waals surface area contributed by atoms with Gasteiger partial charge in [-0.2, -0.15) is 0 Å². The molecule has 0 fully saturated rings. The summed E-state index contributed by atoms with van der Waals surface area (Å²) in [6.07, 6.45) is 1.14. The third-order valence-electron chi connectivity index (χ3n) is 2.86. The maximum Gasteiger partial charge on any atom is 0.341 e. The van der Waals surface area contributed by atoms with Gasteiger partial charge in [0.1, 0.15) is 5.00 Å². The number of nitrogens with zero attached hydrogens (tertiary/aromatic N) is 1. The van der Waals surface area contributed by atoms with Gasteiger partial charge in [0.05, 0.1) is 25.4 Å². The average molecular weight is 355 g/mol. The molecule has 1 aromatic rings. The van der Waals surface area contributed by atoms with Gasteiger partial charge in [-0.1, -0.05) is 0 Å². The zero-order chi connectivity index (χ0) is 18.1. The van der Waals surface area contributed by atoms with Crippen LogP contribution in [0.5, 0.6) is 0 Å². The number of carbonyl (C=O) groups excluding carboxylic acids is 3. The highest BCUT2D eigenvalue weighted by atomic mass is 32.1. The molecule has 0 amide bonds. The molecule has 7 nitrogen and oxygen atoms in total. The van der Waals surface area contributed by atoms with Crippen LogP contribution in [0.15, 0.2) is 10.4 Å². The van der Waals surface area contributed by atoms with E-state index >= 15 is 0 Å². The molecule has 0 atom stereocenters. The number of hydrogen-bond acceptors (Lipinski definition) is 8. The minimum atomic E-state index is -1.28. The Morgan fingerprint density at radius 1 is 1.08 bits per heavy atom. The molecule has 8 heteroatoms. The predicted octanol–water partition coefficient (Wildman–Crippen LogP) is 2.68. The standard InChI is InChI=1S/C16H21NO6S/c1-5-21-14(18)11(15(19)22-6-2)8-17-13-12(10(4)9-24-13)16(20)23-7-3/h8-9,11H,5-7H2,1-4H3. The topological polar surface area (TPSA) is 91.3 Å². The van der Waals surface area contributed by atoms with Crippen LogP contribution in [0.4, 0.5) is 5.00 Å². The molecule has 24 heavy (non-hydrogen) atoms. The van der Waals surface area contributed by atoms with Crippen molar-refractivity contribution in [2.75, 3.05) is 19.8 Å². The summed E-state index contributed by atoms with van der Waals surface area (Å²) in [5.41, 5.74) is 1.04. The van der Waals surface area contributed by atoms with Crippen LogP contribution in [0.25, 0.3) is 0 Å². The van der Waals surface area contributed by atoms with Gasteiger partial charge in [-0.15, -0.1) is 11.3 Å². The van der Waals surface area contributed by atoms with E-state index in [1.165, 1.54) is 11.3 Å². The van der Waals surface area contributed by atoms with Gasteiger partial charge >= 0.3 is 17.9 Å². The highest BCUT2D eigenvalue weighted by molar-refractivity contribution is 7.14. The van der Waals surface area contributed by atoms with E-state index in [4.69, 9.17) is 14.2 Å². The Kier molecular flexibility index (Phi) is 8.11. The molecule has 0 spiro atoms. The van der Waals surface area contributed by atoms with E-state index in [-0.39, 0.29) is 19.8 Å². The van der Waals surface area contributed by atoms with Gasteiger partial charge in [-0.3, -0.25) is 9.59 Å². The lowest BCUT2D eigenvalue weighted by Crippen LogP contribution is -2.29. The number of aryl methyl sites for hydroxylation is 1. The lowest BCUT2D eigenvalue weighted by molar-refractivity contribution is -0.157. The zero-order valence-corrected chi connectivity index (χ0v) is 15.0. The van der Waals surface area contributed by atoms with Gasteiger partial charge in [0.2, 0.25) is 0 Å². The van der Waals surface area contributed by atoms with Crippen molar-refractivity contribution in [3.05, 3.63) is 16.5 Å². The summed E-state index contributed by atoms with van der Waals surface area (Å²) >= 11 is 1.22. The third-order valence-corrected chi connectivity index (χ3v) is 3.86. The first-order valence-electron chi connectivity index (χ1n) is 7.58. The predicted molar refractivity (Wildman–Crippen MR) is 89.9 cm³/mol. The van der Waals surface area contributed by atoms with E-state index in [0.717, 1.165) is 11.8 Å². The highest BCUT2D eigenvalue weighted by Crippen LogP contribution is 2.31. The van der Waals surface area contributed by atoms with Gasteiger partial charge in [0, 0.05) is 6.21 Å². The molecule has 0 aliphatic carbocycles. The maximum absolute atomic E-state index is 12.0. The molecule has 0 saturated heterocycles. The van der Waals surface area contributed by atoms with Gasteiger partial charge in [0.25, 0.3) is 0 Å². The lowest BCUT2D eigenvalue weighted by atomic mass is 10.1. The van der Waals surface area contributed by atoms with E-state index in [1.807, 2.05) is 0 Å². The first-order valence-corrected chi connectivity index (χ1v) is 8.46. The van der Waals surface area contributed by atoms with Crippen LogP contribution in [-0.2, 0) is 23.8 Å². The van der Waals surface area contributed by atoms with Crippen LogP contribution in [0, 0.1) is 12.8 Å². The molecule has 0 unspecified atom stereocenters. The highest BCUT2D eigenvalue weighted by Gasteiger charge is 2.28. The number of ether oxygens (including phenoxy) is 3. The number of hydrogen-bond donors (Lipinski definition) is 0. The minimum Gasteiger partial charge on any atom is -0.465 e. The summed E-state index contributed by atoms with van der Waals surface area (Å²) in [6.45, 7) is 7.25. The van der Waals surface area contributed by atoms with Crippen molar-refractivity contribution in [3.63, 3.8) is 0 Å². The van der Waals surface area contributed by atoms with Crippen molar-refractivity contribution in [2.45, 2.75) is 27.7 Å². The second-order valence-corrected chi connectivity index (χ2v) is 5.44. The Balaban J connectivity index is 3.08. The molecule has 0 saturated carbocycles. The van der Waals surface area contributed by atoms with Crippen molar-refractivity contribution >= 4 is 40.5 Å². The fourth-order valence-corrected chi connectivity index (χ4v) is 2.69. The molecule has 0 aliphatic heterocycles. The van der Waals surface area contributed by atoms with Crippen LogP contribution in [0.3, 0.4) is 0 Å². The van der Waals surface area contributed by atoms with Gasteiger partial charge in [-0.25, -0.2) is 9.79 Å². The number of esters is 3. The Morgan fingerprint density at radius 3 is 2.12 bits per heavy atom. The van der Waals surface area contributed by atoms with Crippen molar-refractivity contribution in [1.29, 1.82) is 0 Å². The van der Waals surface area contributed by atoms with Gasteiger partial charge in [0.15, 0.2) is 5.92 Å². The van der Waals surface area contributed by atoms with E-state index < -0.39 is 23.8 Å². The molecule has 0 aromatic carbocycles. The Bertz CT molecular complexity index is 604. The minimum absolute atomic E-state index is 0.134. The van der Waals surface area contributed by atoms with Crippen molar-refractivity contribution in [1.82, 2.24) is 0 Å². The third kappa shape index (κ3) is 5.16. The quantitative estimate of drug-likeness (QED) is 0.308. The van der Waals surface area contributed by atoms with Crippen LogP contribution < -0.4 is 0 Å². The molecule has 1 heterocycles. The number of aliphatic imine (C=N–C) groups is 1. The van der Waals surface area contributed by atoms with E-state index in [0.29, 0.717) is 10.6 Å². The van der Waals surface area contributed by atoms with Crippen molar-refractivity contribution in [3.8, 4) is 0 Å². The summed E-state index contributed by atoms with van der Waals surface area (Å²) in [6, 6.07) is 0. The van der Waals surface area contributed by atoms with Gasteiger partial charge < -0.3 is 14.2 Å². The molecule has 0 N–H and O–H groups in total. The second-order valence-electron chi connectivity index (χ2n) is 4.58. The molecule has 132 valence electrons. The average Bonchev–Trinajstić information content (AvgIpc) is 2.89. The lowest BCUT2D eigenvalue weighted by Gasteiger charge is -2.10. The van der Waals surface area contributed by atoms with Crippen LogP contribution >= 0.6 is 11.3 Å². The molecule has 0 bridgehead atoms. The Morgan fingerprint density at radius 2 is 1.62 bits per heavy atom. The summed E-state index contributed by atoms with van der Waals surface area (Å²) in [5.74, 6) is -3.26. The Hall–Kier alpha value is -2.22.